The highest BCUT2D eigenvalue weighted by Crippen LogP contribution is 2.45. The minimum Gasteiger partial charge on any atom is -0.493 e. The van der Waals surface area contributed by atoms with E-state index in [4.69, 9.17) is 37.7 Å². The molecule has 4 aromatic rings. The molecule has 0 radical (unpaired) electrons. The summed E-state index contributed by atoms with van der Waals surface area (Å²) in [4.78, 5) is 19.8. The number of para-hydroxylation sites is 1. The largest absolute Gasteiger partial charge is 0.493 e. The van der Waals surface area contributed by atoms with Crippen LogP contribution in [0, 0.1) is 11.3 Å². The van der Waals surface area contributed by atoms with Crippen molar-refractivity contribution in [2.45, 2.75) is 46.6 Å². The van der Waals surface area contributed by atoms with E-state index >= 15 is 0 Å². The quantitative estimate of drug-likeness (QED) is 0.186. The molecule has 1 aliphatic rings. The van der Waals surface area contributed by atoms with E-state index < -0.39 is 0 Å². The molecule has 1 aromatic heterocycles. The molecular weight excluding hydrogens is 667 g/mol. The minimum absolute atomic E-state index is 0.133. The van der Waals surface area contributed by atoms with Gasteiger partial charge < -0.3 is 14.8 Å². The lowest BCUT2D eigenvalue weighted by Crippen LogP contribution is -2.27. The molecule has 0 saturated heterocycles. The fourth-order valence-electron chi connectivity index (χ4n) is 5.20. The molecule has 0 fully saturated rings. The number of rotatable bonds is 8. The number of anilines is 1. The number of methoxy groups -OCH3 is 1. The molecule has 1 heterocycles. The Bertz CT molecular complexity index is 1660. The van der Waals surface area contributed by atoms with Gasteiger partial charge in [0.25, 0.3) is 5.91 Å². The Morgan fingerprint density at radius 2 is 1.88 bits per heavy atom. The number of halogens is 3. The summed E-state index contributed by atoms with van der Waals surface area (Å²) >= 11 is 17.6. The monoisotopic (exact) mass is 698 g/mol. The molecule has 0 bridgehead atoms. The first kappa shape index (κ1) is 31.6. The van der Waals surface area contributed by atoms with Crippen molar-refractivity contribution in [3.05, 3.63) is 102 Å². The lowest BCUT2D eigenvalue weighted by atomic mass is 9.72. The molecule has 0 saturated carbocycles. The minimum atomic E-state index is -0.133. The van der Waals surface area contributed by atoms with Crippen molar-refractivity contribution >= 4 is 73.3 Å². The van der Waals surface area contributed by atoms with Crippen molar-refractivity contribution in [3.63, 3.8) is 0 Å². The number of carbonyl (C=O) groups excluding carboxylic acids is 1. The summed E-state index contributed by atoms with van der Waals surface area (Å²) in [6, 6.07) is 18.5. The van der Waals surface area contributed by atoms with Crippen molar-refractivity contribution < 1.29 is 14.3 Å². The van der Waals surface area contributed by atoms with Gasteiger partial charge in [0, 0.05) is 42.4 Å². The Morgan fingerprint density at radius 3 is 2.58 bits per heavy atom. The highest BCUT2D eigenvalue weighted by atomic mass is 79.9. The van der Waals surface area contributed by atoms with E-state index in [1.54, 1.807) is 36.8 Å². The molecule has 1 atom stereocenters. The van der Waals surface area contributed by atoms with E-state index in [1.807, 2.05) is 48.5 Å². The maximum Gasteiger partial charge on any atom is 0.259 e. The molecule has 9 heteroatoms. The van der Waals surface area contributed by atoms with Gasteiger partial charge in [0.1, 0.15) is 11.6 Å². The maximum atomic E-state index is 13.7. The van der Waals surface area contributed by atoms with Gasteiger partial charge in [0.2, 0.25) is 0 Å². The van der Waals surface area contributed by atoms with Crippen LogP contribution in [0.2, 0.25) is 10.0 Å². The van der Waals surface area contributed by atoms with Crippen LogP contribution in [-0.2, 0) is 19.4 Å². The average Bonchev–Trinajstić information content (AvgIpc) is 3.34. The molecule has 5 rings (SSSR count). The summed E-state index contributed by atoms with van der Waals surface area (Å²) in [5.41, 5.74) is 4.34. The molecule has 0 unspecified atom stereocenters. The third-order valence-electron chi connectivity index (χ3n) is 7.73. The molecule has 1 aliphatic carbocycles. The third-order valence-corrected chi connectivity index (χ3v) is 10.2. The van der Waals surface area contributed by atoms with E-state index in [0.29, 0.717) is 38.0 Å². The summed E-state index contributed by atoms with van der Waals surface area (Å²) < 4.78 is 12.5. The summed E-state index contributed by atoms with van der Waals surface area (Å²) in [7, 11) is 1.59. The molecule has 5 nitrogen and oxygen atoms in total. The molecule has 0 spiro atoms. The fraction of sp³-hybridized carbons (Fsp3) is 0.294. The van der Waals surface area contributed by atoms with Crippen LogP contribution >= 0.6 is 50.5 Å². The van der Waals surface area contributed by atoms with Crippen LogP contribution < -0.4 is 14.8 Å². The maximum absolute atomic E-state index is 13.7. The molecular formula is C34H33BrCl2N2O3S. The normalized spacial score (nSPS) is 14.9. The standard InChI is InChI=1S/C34H33BrCl2N2O3S/c1-34(2,3)22-11-13-25-30(15-22)43-33(31(25)32(40)39-24-8-6-5-7-9-24)38-18-21-14-28(41-4)29(17-26(21)35)42-19-20-10-12-23(36)16-27(20)37/h5-10,12,14,16-18,22H,11,13,15,19H2,1-4H3,(H,39,40)/t22-/m0/s1. The number of ether oxygens (including phenoxy) is 2. The Kier molecular flexibility index (Phi) is 9.86. The van der Waals surface area contributed by atoms with E-state index in [2.05, 4.69) is 42.0 Å². The number of carbonyl (C=O) groups is 1. The number of hydrogen-bond acceptors (Lipinski definition) is 5. The van der Waals surface area contributed by atoms with Gasteiger partial charge in [-0.1, -0.05) is 68.2 Å². The van der Waals surface area contributed by atoms with E-state index in [0.717, 1.165) is 46.1 Å². The number of fused-ring (bicyclic) bond motifs is 1. The van der Waals surface area contributed by atoms with Gasteiger partial charge in [-0.2, -0.15) is 0 Å². The van der Waals surface area contributed by atoms with Crippen molar-refractivity contribution in [1.29, 1.82) is 0 Å². The molecule has 224 valence electrons. The lowest BCUT2D eigenvalue weighted by Gasteiger charge is -2.33. The first-order valence-corrected chi connectivity index (χ1v) is 16.4. The van der Waals surface area contributed by atoms with Crippen molar-refractivity contribution in [2.75, 3.05) is 12.4 Å². The summed E-state index contributed by atoms with van der Waals surface area (Å²) in [5, 5.41) is 4.89. The van der Waals surface area contributed by atoms with Crippen molar-refractivity contribution in [1.82, 2.24) is 0 Å². The number of nitrogens with zero attached hydrogens (tertiary/aromatic N) is 1. The van der Waals surface area contributed by atoms with Gasteiger partial charge in [-0.05, 0) is 88.5 Å². The first-order chi connectivity index (χ1) is 20.5. The number of amides is 1. The predicted molar refractivity (Wildman–Crippen MR) is 182 cm³/mol. The van der Waals surface area contributed by atoms with Gasteiger partial charge >= 0.3 is 0 Å². The van der Waals surface area contributed by atoms with Crippen molar-refractivity contribution in [3.8, 4) is 11.5 Å². The van der Waals surface area contributed by atoms with Crippen LogP contribution in [-0.4, -0.2) is 19.2 Å². The second-order valence-electron chi connectivity index (χ2n) is 11.6. The zero-order valence-corrected chi connectivity index (χ0v) is 28.4. The van der Waals surface area contributed by atoms with E-state index in [1.165, 1.54) is 4.88 Å². The summed E-state index contributed by atoms with van der Waals surface area (Å²) in [6.07, 6.45) is 4.63. The van der Waals surface area contributed by atoms with Gasteiger partial charge in [0.15, 0.2) is 11.5 Å². The second-order valence-corrected chi connectivity index (χ2v) is 14.4. The van der Waals surface area contributed by atoms with Gasteiger partial charge in [-0.25, -0.2) is 4.99 Å². The number of aliphatic imine (C=N–C) groups is 1. The van der Waals surface area contributed by atoms with E-state index in [-0.39, 0.29) is 17.9 Å². The van der Waals surface area contributed by atoms with Gasteiger partial charge in [0.05, 0.1) is 12.7 Å². The highest BCUT2D eigenvalue weighted by Gasteiger charge is 2.33. The van der Waals surface area contributed by atoms with E-state index in [9.17, 15) is 4.79 Å². The Morgan fingerprint density at radius 1 is 1.12 bits per heavy atom. The zero-order valence-electron chi connectivity index (χ0n) is 24.5. The predicted octanol–water partition coefficient (Wildman–Crippen LogP) is 10.6. The van der Waals surface area contributed by atoms with Gasteiger partial charge in [-0.3, -0.25) is 4.79 Å². The molecule has 1 N–H and O–H groups in total. The molecule has 0 aliphatic heterocycles. The fourth-order valence-corrected chi connectivity index (χ4v) is 7.35. The third kappa shape index (κ3) is 7.46. The van der Waals surface area contributed by atoms with Gasteiger partial charge in [-0.15, -0.1) is 11.3 Å². The number of thiophene rings is 1. The van der Waals surface area contributed by atoms with Crippen LogP contribution in [0.4, 0.5) is 10.7 Å². The second kappa shape index (κ2) is 13.4. The summed E-state index contributed by atoms with van der Waals surface area (Å²) in [6.45, 7) is 7.13. The van der Waals surface area contributed by atoms with Crippen molar-refractivity contribution in [2.24, 2.45) is 16.3 Å². The summed E-state index contributed by atoms with van der Waals surface area (Å²) in [5.74, 6) is 1.52. The van der Waals surface area contributed by atoms with Crippen LogP contribution in [0.5, 0.6) is 11.5 Å². The topological polar surface area (TPSA) is 59.9 Å². The first-order valence-electron chi connectivity index (χ1n) is 14.0. The lowest BCUT2D eigenvalue weighted by molar-refractivity contribution is 0.102. The molecule has 43 heavy (non-hydrogen) atoms. The van der Waals surface area contributed by atoms with Crippen LogP contribution in [0.3, 0.4) is 0 Å². The number of nitrogens with one attached hydrogen (secondary N) is 1. The smallest absolute Gasteiger partial charge is 0.259 e. The van der Waals surface area contributed by atoms with Crippen LogP contribution in [0.25, 0.3) is 0 Å². The Balaban J connectivity index is 1.44. The Labute approximate surface area is 275 Å². The molecule has 3 aromatic carbocycles. The highest BCUT2D eigenvalue weighted by molar-refractivity contribution is 9.10. The number of benzene rings is 3. The SMILES string of the molecule is COc1cc(C=Nc2sc3c(c2C(=O)Nc2ccccc2)CC[C@H](C(C)(C)C)C3)c(Br)cc1OCc1ccc(Cl)cc1Cl. The number of hydrogen-bond donors (Lipinski definition) is 1. The molecule has 1 amide bonds. The van der Waals surface area contributed by atoms with Crippen LogP contribution in [0.1, 0.15) is 59.1 Å². The average molecular weight is 701 g/mol. The van der Waals surface area contributed by atoms with Crippen LogP contribution in [0.15, 0.2) is 70.1 Å². The zero-order chi connectivity index (χ0) is 30.7. The Hall–Kier alpha value is -2.84.